The summed E-state index contributed by atoms with van der Waals surface area (Å²) >= 11 is 0. The van der Waals surface area contributed by atoms with E-state index in [-0.39, 0.29) is 18.4 Å². The fourth-order valence-corrected chi connectivity index (χ4v) is 2.63. The van der Waals surface area contributed by atoms with Crippen LogP contribution in [-0.2, 0) is 28.7 Å². The van der Waals surface area contributed by atoms with Crippen LogP contribution in [0, 0.1) is 11.8 Å². The van der Waals surface area contributed by atoms with Gasteiger partial charge in [-0.2, -0.15) is 0 Å². The lowest BCUT2D eigenvalue weighted by Gasteiger charge is -2.28. The van der Waals surface area contributed by atoms with Crippen LogP contribution < -0.4 is 21.7 Å². The van der Waals surface area contributed by atoms with Gasteiger partial charge < -0.3 is 31.2 Å². The first-order chi connectivity index (χ1) is 15.1. The molecule has 0 saturated heterocycles. The smallest absolute Gasteiger partial charge is 0.408 e. The van der Waals surface area contributed by atoms with Gasteiger partial charge in [0.25, 0.3) is 0 Å². The molecule has 0 fully saturated rings. The summed E-state index contributed by atoms with van der Waals surface area (Å²) in [7, 11) is 0. The Morgan fingerprint density at radius 2 is 1.45 bits per heavy atom. The van der Waals surface area contributed by atoms with Crippen molar-refractivity contribution in [1.82, 2.24) is 16.0 Å². The Morgan fingerprint density at radius 3 is 1.88 bits per heavy atom. The number of amides is 4. The maximum absolute atomic E-state index is 12.9. The molecule has 0 rings (SSSR count). The normalized spacial score (nSPS) is 14.0. The number of primary amides is 1. The van der Waals surface area contributed by atoms with Gasteiger partial charge in [-0.1, -0.05) is 40.3 Å². The lowest BCUT2D eigenvalue weighted by molar-refractivity contribution is -0.160. The number of carbonyl (C=O) groups is 5. The summed E-state index contributed by atoms with van der Waals surface area (Å²) in [5.74, 6) is -3.71. The zero-order chi connectivity index (χ0) is 25.9. The first-order valence-corrected chi connectivity index (χ1v) is 10.7. The standard InChI is InChI=1S/C22H38N4O7/c1-9-10-32-21(31)26-16(12(2)3)19(29)24-14(11-15(23)27)18(28)25-17(13(4)5)20(30)33-22(6,7)8/h9,12-14,16-17H,1,10-11H2,2-8H3,(H2,23,27)(H,24,29)(H,25,28)(H,26,31)/t14-,16-,17-/m0/s1. The van der Waals surface area contributed by atoms with Crippen LogP contribution in [0.3, 0.4) is 0 Å². The minimum atomic E-state index is -1.37. The van der Waals surface area contributed by atoms with E-state index in [1.807, 2.05) is 0 Å². The third-order valence-corrected chi connectivity index (χ3v) is 4.22. The van der Waals surface area contributed by atoms with Gasteiger partial charge in [0.05, 0.1) is 6.42 Å². The fourth-order valence-electron chi connectivity index (χ4n) is 2.63. The molecular weight excluding hydrogens is 432 g/mol. The molecule has 4 amide bonds. The highest BCUT2D eigenvalue weighted by molar-refractivity contribution is 5.95. The van der Waals surface area contributed by atoms with Crippen molar-refractivity contribution >= 4 is 29.8 Å². The Balaban J connectivity index is 5.54. The van der Waals surface area contributed by atoms with Gasteiger partial charge in [0, 0.05) is 0 Å². The van der Waals surface area contributed by atoms with Crippen LogP contribution >= 0.6 is 0 Å². The Labute approximate surface area is 195 Å². The van der Waals surface area contributed by atoms with E-state index in [0.717, 1.165) is 0 Å². The molecule has 0 aromatic rings. The molecule has 0 heterocycles. The number of nitrogens with two attached hydrogens (primary N) is 1. The van der Waals surface area contributed by atoms with Crippen molar-refractivity contribution in [2.24, 2.45) is 17.6 Å². The minimum Gasteiger partial charge on any atom is -0.458 e. The molecule has 0 aromatic carbocycles. The molecule has 11 heteroatoms. The van der Waals surface area contributed by atoms with E-state index in [2.05, 4.69) is 22.5 Å². The summed E-state index contributed by atoms with van der Waals surface area (Å²) in [5, 5.41) is 7.36. The van der Waals surface area contributed by atoms with Gasteiger partial charge in [0.15, 0.2) is 0 Å². The van der Waals surface area contributed by atoms with Gasteiger partial charge in [0.1, 0.15) is 30.3 Å². The van der Waals surface area contributed by atoms with Crippen molar-refractivity contribution in [2.45, 2.75) is 78.6 Å². The van der Waals surface area contributed by atoms with Crippen LogP contribution in [0.2, 0.25) is 0 Å². The molecule has 0 bridgehead atoms. The van der Waals surface area contributed by atoms with Gasteiger partial charge in [-0.15, -0.1) is 0 Å². The highest BCUT2D eigenvalue weighted by Gasteiger charge is 2.34. The molecule has 0 aliphatic rings. The lowest BCUT2D eigenvalue weighted by atomic mass is 10.0. The molecule has 0 saturated carbocycles. The molecule has 3 atom stereocenters. The summed E-state index contributed by atoms with van der Waals surface area (Å²) in [6.07, 6.45) is 0.0135. The topological polar surface area (TPSA) is 166 Å². The van der Waals surface area contributed by atoms with Crippen LogP contribution in [0.25, 0.3) is 0 Å². The number of carbonyl (C=O) groups excluding carboxylic acids is 5. The van der Waals surface area contributed by atoms with E-state index in [1.54, 1.807) is 48.5 Å². The Morgan fingerprint density at radius 1 is 0.909 bits per heavy atom. The highest BCUT2D eigenvalue weighted by atomic mass is 16.6. The third kappa shape index (κ3) is 11.9. The summed E-state index contributed by atoms with van der Waals surface area (Å²) in [4.78, 5) is 61.6. The fraction of sp³-hybridized carbons (Fsp3) is 0.682. The van der Waals surface area contributed by atoms with E-state index in [0.29, 0.717) is 0 Å². The largest absolute Gasteiger partial charge is 0.458 e. The number of ether oxygens (including phenoxy) is 2. The zero-order valence-electron chi connectivity index (χ0n) is 20.5. The summed E-state index contributed by atoms with van der Waals surface area (Å²) < 4.78 is 10.2. The Bertz CT molecular complexity index is 729. The minimum absolute atomic E-state index is 0.0494. The predicted molar refractivity (Wildman–Crippen MR) is 122 cm³/mol. The van der Waals surface area contributed by atoms with Crippen molar-refractivity contribution < 1.29 is 33.4 Å². The van der Waals surface area contributed by atoms with Crippen molar-refractivity contribution in [3.63, 3.8) is 0 Å². The number of hydrogen-bond donors (Lipinski definition) is 4. The van der Waals surface area contributed by atoms with Crippen LogP contribution in [-0.4, -0.2) is 60.1 Å². The average Bonchev–Trinajstić information content (AvgIpc) is 2.65. The van der Waals surface area contributed by atoms with Gasteiger partial charge in [-0.25, -0.2) is 9.59 Å². The van der Waals surface area contributed by atoms with Crippen LogP contribution in [0.5, 0.6) is 0 Å². The van der Waals surface area contributed by atoms with Gasteiger partial charge >= 0.3 is 12.1 Å². The number of alkyl carbamates (subject to hydrolysis) is 1. The molecule has 0 aliphatic carbocycles. The summed E-state index contributed by atoms with van der Waals surface area (Å²) in [5.41, 5.74) is 4.48. The first-order valence-electron chi connectivity index (χ1n) is 10.7. The molecule has 0 spiro atoms. The summed E-state index contributed by atoms with van der Waals surface area (Å²) in [6, 6.07) is -3.44. The maximum atomic E-state index is 12.9. The van der Waals surface area contributed by atoms with E-state index >= 15 is 0 Å². The quantitative estimate of drug-likeness (QED) is 0.241. The van der Waals surface area contributed by atoms with Crippen molar-refractivity contribution in [2.75, 3.05) is 6.61 Å². The number of esters is 1. The van der Waals surface area contributed by atoms with E-state index in [1.165, 1.54) is 6.08 Å². The molecule has 0 unspecified atom stereocenters. The Hall–Kier alpha value is -3.11. The van der Waals surface area contributed by atoms with Crippen LogP contribution in [0.4, 0.5) is 4.79 Å². The molecule has 0 aromatic heterocycles. The Kier molecular flexibility index (Phi) is 12.2. The van der Waals surface area contributed by atoms with E-state index < -0.39 is 59.9 Å². The maximum Gasteiger partial charge on any atom is 0.408 e. The van der Waals surface area contributed by atoms with E-state index in [4.69, 9.17) is 15.2 Å². The van der Waals surface area contributed by atoms with Gasteiger partial charge in [-0.3, -0.25) is 14.4 Å². The predicted octanol–water partition coefficient (Wildman–Crippen LogP) is 0.766. The van der Waals surface area contributed by atoms with Crippen molar-refractivity contribution in [3.05, 3.63) is 12.7 Å². The van der Waals surface area contributed by atoms with Crippen molar-refractivity contribution in [3.8, 4) is 0 Å². The third-order valence-electron chi connectivity index (χ3n) is 4.22. The molecule has 188 valence electrons. The second-order valence-electron chi connectivity index (χ2n) is 9.25. The van der Waals surface area contributed by atoms with Gasteiger partial charge in [0.2, 0.25) is 17.7 Å². The highest BCUT2D eigenvalue weighted by Crippen LogP contribution is 2.13. The lowest BCUT2D eigenvalue weighted by Crippen LogP contribution is -2.58. The molecule has 11 nitrogen and oxygen atoms in total. The molecule has 0 radical (unpaired) electrons. The zero-order valence-corrected chi connectivity index (χ0v) is 20.5. The molecule has 33 heavy (non-hydrogen) atoms. The second-order valence-corrected chi connectivity index (χ2v) is 9.25. The van der Waals surface area contributed by atoms with Crippen LogP contribution in [0.15, 0.2) is 12.7 Å². The van der Waals surface area contributed by atoms with Crippen LogP contribution in [0.1, 0.15) is 54.9 Å². The average molecular weight is 471 g/mol. The van der Waals surface area contributed by atoms with E-state index in [9.17, 15) is 24.0 Å². The summed E-state index contributed by atoms with van der Waals surface area (Å²) in [6.45, 7) is 15.2. The SMILES string of the molecule is C=CCOC(=O)N[C@H](C(=O)N[C@@H](CC(N)=O)C(=O)N[C@H](C(=O)OC(C)(C)C)C(C)C)C(C)C. The molecule has 5 N–H and O–H groups in total. The van der Waals surface area contributed by atoms with Gasteiger partial charge in [-0.05, 0) is 32.6 Å². The number of hydrogen-bond acceptors (Lipinski definition) is 7. The first kappa shape index (κ1) is 29.9. The van der Waals surface area contributed by atoms with Crippen molar-refractivity contribution in [1.29, 1.82) is 0 Å². The monoisotopic (exact) mass is 470 g/mol. The number of nitrogens with one attached hydrogen (secondary N) is 3. The second kappa shape index (κ2) is 13.4. The molecule has 0 aliphatic heterocycles. The molecular formula is C22H38N4O7. The number of rotatable bonds is 12.